The van der Waals surface area contributed by atoms with Crippen molar-refractivity contribution in [3.8, 4) is 5.75 Å². The Kier molecular flexibility index (Phi) is 7.47. The molecule has 1 rings (SSSR count). The van der Waals surface area contributed by atoms with E-state index in [1.165, 1.54) is 0 Å². The van der Waals surface area contributed by atoms with Gasteiger partial charge in [-0.05, 0) is 48.6 Å². The third-order valence-electron chi connectivity index (χ3n) is 1.96. The SMILES string of the molecule is OCCCSCCCOc1ccc(Cl)cc1. The minimum Gasteiger partial charge on any atom is -0.494 e. The van der Waals surface area contributed by atoms with E-state index in [0.29, 0.717) is 0 Å². The number of ether oxygens (including phenoxy) is 1. The lowest BCUT2D eigenvalue weighted by atomic mass is 10.3. The van der Waals surface area contributed by atoms with Gasteiger partial charge in [0.05, 0.1) is 6.61 Å². The number of benzene rings is 1. The molecule has 1 aromatic rings. The summed E-state index contributed by atoms with van der Waals surface area (Å²) in [4.78, 5) is 0. The third-order valence-corrected chi connectivity index (χ3v) is 3.37. The van der Waals surface area contributed by atoms with Gasteiger partial charge in [0.15, 0.2) is 0 Å². The first kappa shape index (κ1) is 13.7. The average molecular weight is 261 g/mol. The van der Waals surface area contributed by atoms with Crippen molar-refractivity contribution in [1.29, 1.82) is 0 Å². The van der Waals surface area contributed by atoms with Crippen LogP contribution in [0.3, 0.4) is 0 Å². The number of halogens is 1. The molecular weight excluding hydrogens is 244 g/mol. The smallest absolute Gasteiger partial charge is 0.119 e. The normalized spacial score (nSPS) is 10.4. The predicted molar refractivity (Wildman–Crippen MR) is 70.6 cm³/mol. The van der Waals surface area contributed by atoms with Crippen LogP contribution in [0.2, 0.25) is 5.02 Å². The molecule has 0 radical (unpaired) electrons. The van der Waals surface area contributed by atoms with Crippen LogP contribution in [0, 0.1) is 0 Å². The molecule has 0 bridgehead atoms. The van der Waals surface area contributed by atoms with Crippen molar-refractivity contribution in [3.05, 3.63) is 29.3 Å². The molecule has 0 aromatic heterocycles. The van der Waals surface area contributed by atoms with E-state index in [4.69, 9.17) is 21.4 Å². The third kappa shape index (κ3) is 6.26. The van der Waals surface area contributed by atoms with E-state index in [9.17, 15) is 0 Å². The molecule has 0 amide bonds. The van der Waals surface area contributed by atoms with Gasteiger partial charge >= 0.3 is 0 Å². The Morgan fingerprint density at radius 3 is 2.50 bits per heavy atom. The lowest BCUT2D eigenvalue weighted by molar-refractivity contribution is 0.296. The van der Waals surface area contributed by atoms with Gasteiger partial charge in [-0.2, -0.15) is 11.8 Å². The van der Waals surface area contributed by atoms with Gasteiger partial charge in [0.25, 0.3) is 0 Å². The molecule has 0 unspecified atom stereocenters. The van der Waals surface area contributed by atoms with Crippen LogP contribution in [0.5, 0.6) is 5.75 Å². The quantitative estimate of drug-likeness (QED) is 0.728. The van der Waals surface area contributed by atoms with Gasteiger partial charge in [0.1, 0.15) is 5.75 Å². The van der Waals surface area contributed by atoms with Crippen molar-refractivity contribution in [2.75, 3.05) is 24.7 Å². The number of hydrogen-bond acceptors (Lipinski definition) is 3. The number of hydrogen-bond donors (Lipinski definition) is 1. The number of aliphatic hydroxyl groups excluding tert-OH is 1. The molecule has 0 saturated carbocycles. The number of thioether (sulfide) groups is 1. The van der Waals surface area contributed by atoms with E-state index >= 15 is 0 Å². The Hall–Kier alpha value is -0.380. The van der Waals surface area contributed by atoms with Crippen molar-refractivity contribution in [3.63, 3.8) is 0 Å². The van der Waals surface area contributed by atoms with Crippen molar-refractivity contribution in [2.45, 2.75) is 12.8 Å². The maximum absolute atomic E-state index is 8.59. The van der Waals surface area contributed by atoms with Gasteiger partial charge in [0.2, 0.25) is 0 Å². The summed E-state index contributed by atoms with van der Waals surface area (Å²) in [6.45, 7) is 1.02. The van der Waals surface area contributed by atoms with E-state index < -0.39 is 0 Å². The Balaban J connectivity index is 2.01. The first-order valence-corrected chi connectivity index (χ1v) is 6.93. The van der Waals surface area contributed by atoms with Crippen LogP contribution in [0.4, 0.5) is 0 Å². The standard InChI is InChI=1S/C12H17ClO2S/c13-11-3-5-12(6-4-11)15-8-2-10-16-9-1-7-14/h3-6,14H,1-2,7-10H2. The molecule has 0 aliphatic rings. The molecule has 16 heavy (non-hydrogen) atoms. The topological polar surface area (TPSA) is 29.5 Å². The molecule has 0 aliphatic heterocycles. The Bertz CT molecular complexity index is 277. The summed E-state index contributed by atoms with van der Waals surface area (Å²) < 4.78 is 5.55. The molecule has 0 atom stereocenters. The van der Waals surface area contributed by atoms with E-state index in [2.05, 4.69) is 0 Å². The fraction of sp³-hybridized carbons (Fsp3) is 0.500. The van der Waals surface area contributed by atoms with Crippen LogP contribution >= 0.6 is 23.4 Å². The second-order valence-corrected chi connectivity index (χ2v) is 5.01. The van der Waals surface area contributed by atoms with Crippen LogP contribution in [-0.2, 0) is 0 Å². The zero-order valence-corrected chi connectivity index (χ0v) is 10.8. The van der Waals surface area contributed by atoms with Crippen molar-refractivity contribution in [1.82, 2.24) is 0 Å². The molecule has 2 nitrogen and oxygen atoms in total. The summed E-state index contributed by atoms with van der Waals surface area (Å²) in [7, 11) is 0. The van der Waals surface area contributed by atoms with Crippen LogP contribution in [0.25, 0.3) is 0 Å². The predicted octanol–water partition coefficient (Wildman–Crippen LogP) is 3.22. The zero-order chi connectivity index (χ0) is 11.6. The largest absolute Gasteiger partial charge is 0.494 e. The van der Waals surface area contributed by atoms with Gasteiger partial charge in [-0.15, -0.1) is 0 Å². The summed E-state index contributed by atoms with van der Waals surface area (Å²) in [6.07, 6.45) is 1.90. The lowest BCUT2D eigenvalue weighted by Gasteiger charge is -2.05. The van der Waals surface area contributed by atoms with Gasteiger partial charge in [0, 0.05) is 11.6 Å². The Labute approximate surface area is 106 Å². The fourth-order valence-electron chi connectivity index (χ4n) is 1.15. The second-order valence-electron chi connectivity index (χ2n) is 3.35. The van der Waals surface area contributed by atoms with Gasteiger partial charge in [-0.25, -0.2) is 0 Å². The highest BCUT2D eigenvalue weighted by Gasteiger charge is 1.94. The average Bonchev–Trinajstić information content (AvgIpc) is 2.30. The van der Waals surface area contributed by atoms with Crippen molar-refractivity contribution >= 4 is 23.4 Å². The highest BCUT2D eigenvalue weighted by Crippen LogP contribution is 2.15. The van der Waals surface area contributed by atoms with E-state index in [1.807, 2.05) is 36.0 Å². The maximum atomic E-state index is 8.59. The Morgan fingerprint density at radius 1 is 1.12 bits per heavy atom. The minimum absolute atomic E-state index is 0.286. The van der Waals surface area contributed by atoms with Gasteiger partial charge < -0.3 is 9.84 Å². The van der Waals surface area contributed by atoms with Crippen molar-refractivity contribution in [2.24, 2.45) is 0 Å². The molecule has 90 valence electrons. The lowest BCUT2D eigenvalue weighted by Crippen LogP contribution is -1.99. The minimum atomic E-state index is 0.286. The fourth-order valence-corrected chi connectivity index (χ4v) is 2.14. The molecule has 4 heteroatoms. The van der Waals surface area contributed by atoms with Gasteiger partial charge in [-0.3, -0.25) is 0 Å². The number of rotatable bonds is 8. The molecular formula is C12H17ClO2S. The molecule has 0 fully saturated rings. The van der Waals surface area contributed by atoms with E-state index in [-0.39, 0.29) is 6.61 Å². The summed E-state index contributed by atoms with van der Waals surface area (Å²) in [5, 5.41) is 9.32. The second kappa shape index (κ2) is 8.74. The monoisotopic (exact) mass is 260 g/mol. The van der Waals surface area contributed by atoms with Crippen LogP contribution in [-0.4, -0.2) is 29.8 Å². The molecule has 1 N–H and O–H groups in total. The van der Waals surface area contributed by atoms with Crippen molar-refractivity contribution < 1.29 is 9.84 Å². The zero-order valence-electron chi connectivity index (χ0n) is 9.19. The first-order chi connectivity index (χ1) is 7.83. The van der Waals surface area contributed by atoms with E-state index in [0.717, 1.165) is 41.7 Å². The molecule has 0 heterocycles. The molecule has 0 spiro atoms. The van der Waals surface area contributed by atoms with Crippen LogP contribution in [0.1, 0.15) is 12.8 Å². The molecule has 0 saturated heterocycles. The highest BCUT2D eigenvalue weighted by molar-refractivity contribution is 7.99. The number of aliphatic hydroxyl groups is 1. The van der Waals surface area contributed by atoms with Crippen LogP contribution in [0.15, 0.2) is 24.3 Å². The summed E-state index contributed by atoms with van der Waals surface area (Å²) >= 11 is 7.62. The summed E-state index contributed by atoms with van der Waals surface area (Å²) in [6, 6.07) is 7.41. The van der Waals surface area contributed by atoms with Crippen LogP contribution < -0.4 is 4.74 Å². The molecule has 0 aliphatic carbocycles. The first-order valence-electron chi connectivity index (χ1n) is 5.40. The highest BCUT2D eigenvalue weighted by atomic mass is 35.5. The summed E-state index contributed by atoms with van der Waals surface area (Å²) in [5.74, 6) is 2.97. The maximum Gasteiger partial charge on any atom is 0.119 e. The summed E-state index contributed by atoms with van der Waals surface area (Å²) in [5.41, 5.74) is 0. The van der Waals surface area contributed by atoms with E-state index in [1.54, 1.807) is 0 Å². The Morgan fingerprint density at radius 2 is 1.81 bits per heavy atom. The van der Waals surface area contributed by atoms with Gasteiger partial charge in [-0.1, -0.05) is 11.6 Å². The molecule has 1 aromatic carbocycles.